The lowest BCUT2D eigenvalue weighted by Crippen LogP contribution is -2.47. The third kappa shape index (κ3) is 4.01. The van der Waals surface area contributed by atoms with Crippen molar-refractivity contribution in [2.45, 2.75) is 50.7 Å². The van der Waals surface area contributed by atoms with E-state index in [4.69, 9.17) is 0 Å². The van der Waals surface area contributed by atoms with E-state index in [2.05, 4.69) is 28.2 Å². The molecular formula is C10H21N3OS. The van der Waals surface area contributed by atoms with E-state index >= 15 is 0 Å². The second-order valence-electron chi connectivity index (χ2n) is 4.20. The van der Waals surface area contributed by atoms with Gasteiger partial charge in [-0.15, -0.1) is 0 Å². The minimum Gasteiger partial charge on any atom is -0.352 e. The molecule has 1 atom stereocenters. The van der Waals surface area contributed by atoms with Crippen molar-refractivity contribution in [1.82, 2.24) is 15.4 Å². The molecule has 0 aromatic heterocycles. The Morgan fingerprint density at radius 2 is 1.80 bits per heavy atom. The second kappa shape index (κ2) is 6.35. The van der Waals surface area contributed by atoms with Crippen LogP contribution in [0.2, 0.25) is 0 Å². The molecule has 0 aromatic rings. The molecule has 4 nitrogen and oxygen atoms in total. The highest BCUT2D eigenvalue weighted by molar-refractivity contribution is 7.78. The van der Waals surface area contributed by atoms with Gasteiger partial charge in [-0.25, -0.2) is 0 Å². The van der Waals surface area contributed by atoms with Crippen molar-refractivity contribution in [3.63, 3.8) is 0 Å². The van der Waals surface area contributed by atoms with E-state index in [0.29, 0.717) is 12.1 Å². The Hall–Kier alpha value is -0.260. The van der Waals surface area contributed by atoms with E-state index in [1.165, 1.54) is 0 Å². The molecule has 0 heterocycles. The fourth-order valence-electron chi connectivity index (χ4n) is 1.82. The standard InChI is InChI=1S/C10H21N3OS/c1-7(11-2)10(14)12-8-3-5-9(13-15)6-4-8/h7-9,11,13,15H,3-6H2,1-2H3,(H,12,14)/t7-,8?,9?/m1/s1. The van der Waals surface area contributed by atoms with E-state index in [1.54, 1.807) is 7.05 Å². The first-order valence-corrected chi connectivity index (χ1v) is 5.99. The van der Waals surface area contributed by atoms with Crippen molar-refractivity contribution in [3.8, 4) is 0 Å². The highest BCUT2D eigenvalue weighted by Crippen LogP contribution is 2.18. The topological polar surface area (TPSA) is 53.2 Å². The molecule has 0 radical (unpaired) electrons. The van der Waals surface area contributed by atoms with Gasteiger partial charge in [0.2, 0.25) is 5.91 Å². The van der Waals surface area contributed by atoms with Gasteiger partial charge in [-0.05, 0) is 39.7 Å². The van der Waals surface area contributed by atoms with Crippen molar-refractivity contribution in [2.75, 3.05) is 7.05 Å². The first-order valence-electron chi connectivity index (χ1n) is 5.54. The Bertz CT molecular complexity index is 205. The Labute approximate surface area is 97.1 Å². The molecule has 0 unspecified atom stereocenters. The summed E-state index contributed by atoms with van der Waals surface area (Å²) in [5.74, 6) is 0.0970. The average Bonchev–Trinajstić information content (AvgIpc) is 2.29. The number of amides is 1. The Balaban J connectivity index is 2.26. The summed E-state index contributed by atoms with van der Waals surface area (Å²) in [6, 6.07) is 0.736. The Morgan fingerprint density at radius 1 is 1.27 bits per heavy atom. The van der Waals surface area contributed by atoms with Crippen LogP contribution in [0.5, 0.6) is 0 Å². The second-order valence-corrected chi connectivity index (χ2v) is 4.45. The lowest BCUT2D eigenvalue weighted by atomic mass is 9.91. The molecule has 0 aliphatic heterocycles. The van der Waals surface area contributed by atoms with Gasteiger partial charge in [0.15, 0.2) is 0 Å². The molecule has 1 saturated carbocycles. The number of hydrogen-bond donors (Lipinski definition) is 4. The summed E-state index contributed by atoms with van der Waals surface area (Å²) >= 11 is 4.06. The number of nitrogens with one attached hydrogen (secondary N) is 3. The van der Waals surface area contributed by atoms with Crippen molar-refractivity contribution in [1.29, 1.82) is 0 Å². The number of thiol groups is 1. The number of carbonyl (C=O) groups excluding carboxylic acids is 1. The predicted octanol–water partition coefficient (Wildman–Crippen LogP) is 0.456. The van der Waals surface area contributed by atoms with Crippen molar-refractivity contribution < 1.29 is 4.79 Å². The van der Waals surface area contributed by atoms with Crippen LogP contribution in [0.1, 0.15) is 32.6 Å². The number of carbonyl (C=O) groups is 1. The van der Waals surface area contributed by atoms with Gasteiger partial charge in [-0.3, -0.25) is 9.52 Å². The van der Waals surface area contributed by atoms with Gasteiger partial charge in [0.25, 0.3) is 0 Å². The molecule has 5 heteroatoms. The van der Waals surface area contributed by atoms with Gasteiger partial charge in [0.05, 0.1) is 6.04 Å². The number of likely N-dealkylation sites (N-methyl/N-ethyl adjacent to an activating group) is 1. The van der Waals surface area contributed by atoms with E-state index in [0.717, 1.165) is 25.7 Å². The van der Waals surface area contributed by atoms with Crippen LogP contribution >= 0.6 is 12.8 Å². The maximum Gasteiger partial charge on any atom is 0.237 e. The summed E-state index contributed by atoms with van der Waals surface area (Å²) in [6.07, 6.45) is 4.26. The number of hydrogen-bond acceptors (Lipinski definition) is 4. The van der Waals surface area contributed by atoms with Gasteiger partial charge in [-0.1, -0.05) is 12.8 Å². The smallest absolute Gasteiger partial charge is 0.237 e. The van der Waals surface area contributed by atoms with Crippen LogP contribution in [0.4, 0.5) is 0 Å². The van der Waals surface area contributed by atoms with Crippen LogP contribution < -0.4 is 15.4 Å². The normalized spacial score (nSPS) is 28.5. The van der Waals surface area contributed by atoms with Crippen LogP contribution in [0, 0.1) is 0 Å². The molecule has 1 amide bonds. The fraction of sp³-hybridized carbons (Fsp3) is 0.900. The zero-order chi connectivity index (χ0) is 11.3. The summed E-state index contributed by atoms with van der Waals surface area (Å²) < 4.78 is 2.98. The van der Waals surface area contributed by atoms with Crippen LogP contribution in [0.25, 0.3) is 0 Å². The van der Waals surface area contributed by atoms with E-state index in [1.807, 2.05) is 6.92 Å². The molecule has 15 heavy (non-hydrogen) atoms. The molecule has 1 aliphatic rings. The lowest BCUT2D eigenvalue weighted by Gasteiger charge is -2.29. The maximum atomic E-state index is 11.6. The SMILES string of the molecule is CN[C@H](C)C(=O)NC1CCC(NS)CC1. The van der Waals surface area contributed by atoms with E-state index in [9.17, 15) is 4.79 Å². The molecule has 1 fully saturated rings. The van der Waals surface area contributed by atoms with Crippen LogP contribution in [-0.2, 0) is 4.79 Å². The van der Waals surface area contributed by atoms with Crippen molar-refractivity contribution in [3.05, 3.63) is 0 Å². The van der Waals surface area contributed by atoms with Gasteiger partial charge in [-0.2, -0.15) is 0 Å². The van der Waals surface area contributed by atoms with Crippen LogP contribution in [0.3, 0.4) is 0 Å². The van der Waals surface area contributed by atoms with Crippen molar-refractivity contribution in [2.24, 2.45) is 0 Å². The monoisotopic (exact) mass is 231 g/mol. The summed E-state index contributed by atoms with van der Waals surface area (Å²) in [5.41, 5.74) is 0. The Morgan fingerprint density at radius 3 is 2.27 bits per heavy atom. The minimum atomic E-state index is -0.106. The zero-order valence-corrected chi connectivity index (χ0v) is 10.3. The molecule has 0 spiro atoms. The Kier molecular flexibility index (Phi) is 5.42. The quantitative estimate of drug-likeness (QED) is 0.532. The molecule has 0 saturated heterocycles. The van der Waals surface area contributed by atoms with Gasteiger partial charge >= 0.3 is 0 Å². The minimum absolute atomic E-state index is 0.0970. The van der Waals surface area contributed by atoms with Gasteiger partial charge in [0, 0.05) is 12.1 Å². The third-order valence-corrected chi connectivity index (χ3v) is 3.45. The fourth-order valence-corrected chi connectivity index (χ4v) is 2.08. The first kappa shape index (κ1) is 12.8. The maximum absolute atomic E-state index is 11.6. The number of rotatable bonds is 4. The summed E-state index contributed by atoms with van der Waals surface area (Å²) in [5, 5.41) is 6.00. The van der Waals surface area contributed by atoms with E-state index in [-0.39, 0.29) is 11.9 Å². The molecule has 1 rings (SSSR count). The van der Waals surface area contributed by atoms with Crippen molar-refractivity contribution >= 4 is 18.7 Å². The molecule has 88 valence electrons. The molecule has 0 bridgehead atoms. The predicted molar refractivity (Wildman–Crippen MR) is 64.8 cm³/mol. The highest BCUT2D eigenvalue weighted by Gasteiger charge is 2.22. The largest absolute Gasteiger partial charge is 0.352 e. The average molecular weight is 231 g/mol. The molecule has 1 aliphatic carbocycles. The van der Waals surface area contributed by atoms with Crippen LogP contribution in [0.15, 0.2) is 0 Å². The highest BCUT2D eigenvalue weighted by atomic mass is 32.1. The molecular weight excluding hydrogens is 210 g/mol. The van der Waals surface area contributed by atoms with Gasteiger partial charge < -0.3 is 10.6 Å². The molecule has 3 N–H and O–H groups in total. The first-order chi connectivity index (χ1) is 7.17. The zero-order valence-electron chi connectivity index (χ0n) is 9.42. The summed E-state index contributed by atoms with van der Waals surface area (Å²) in [7, 11) is 1.80. The molecule has 0 aromatic carbocycles. The third-order valence-electron chi connectivity index (χ3n) is 3.08. The van der Waals surface area contributed by atoms with E-state index < -0.39 is 0 Å². The van der Waals surface area contributed by atoms with Gasteiger partial charge in [0.1, 0.15) is 0 Å². The summed E-state index contributed by atoms with van der Waals surface area (Å²) in [4.78, 5) is 11.6. The lowest BCUT2D eigenvalue weighted by molar-refractivity contribution is -0.123. The summed E-state index contributed by atoms with van der Waals surface area (Å²) in [6.45, 7) is 1.87. The van der Waals surface area contributed by atoms with Crippen LogP contribution in [-0.4, -0.2) is 31.1 Å².